The molecule has 0 unspecified atom stereocenters. The van der Waals surface area contributed by atoms with Gasteiger partial charge in [-0.2, -0.15) is 0 Å². The number of methoxy groups -OCH3 is 2. The molecule has 0 radical (unpaired) electrons. The van der Waals surface area contributed by atoms with E-state index in [2.05, 4.69) is 0 Å². The summed E-state index contributed by atoms with van der Waals surface area (Å²) in [5.41, 5.74) is 1.10. The summed E-state index contributed by atoms with van der Waals surface area (Å²) in [7, 11) is 3.26. The Morgan fingerprint density at radius 3 is 2.68 bits per heavy atom. The standard InChI is InChI=1S/C17H23NO4/c1-20-14-8-7-12(11-16(14)21-2)13-5-3-9-18(13)17(19)15-6-4-10-22-15/h7-8,11,13,15H,3-6,9-10H2,1-2H3/t13-,15-/m1/s1. The predicted molar refractivity (Wildman–Crippen MR) is 82.2 cm³/mol. The number of likely N-dealkylation sites (tertiary alicyclic amines) is 1. The Bertz CT molecular complexity index is 539. The van der Waals surface area contributed by atoms with Crippen LogP contribution in [0.5, 0.6) is 11.5 Å². The molecule has 0 aromatic heterocycles. The third-order valence-corrected chi connectivity index (χ3v) is 4.53. The first-order valence-corrected chi connectivity index (χ1v) is 7.88. The molecule has 3 rings (SSSR count). The first-order chi connectivity index (χ1) is 10.7. The molecule has 1 amide bonds. The molecular formula is C17H23NO4. The van der Waals surface area contributed by atoms with Gasteiger partial charge in [-0.15, -0.1) is 0 Å². The van der Waals surface area contributed by atoms with Gasteiger partial charge in [0, 0.05) is 13.2 Å². The molecule has 2 saturated heterocycles. The van der Waals surface area contributed by atoms with Crippen molar-refractivity contribution in [2.75, 3.05) is 27.4 Å². The molecule has 5 nitrogen and oxygen atoms in total. The molecule has 1 aromatic rings. The number of carbonyl (C=O) groups excluding carboxylic acids is 1. The lowest BCUT2D eigenvalue weighted by molar-refractivity contribution is -0.141. The molecule has 2 fully saturated rings. The van der Waals surface area contributed by atoms with Crippen molar-refractivity contribution < 1.29 is 19.0 Å². The number of nitrogens with zero attached hydrogens (tertiary/aromatic N) is 1. The van der Waals surface area contributed by atoms with Crippen LogP contribution in [0, 0.1) is 0 Å². The molecule has 0 N–H and O–H groups in total. The maximum Gasteiger partial charge on any atom is 0.252 e. The summed E-state index contributed by atoms with van der Waals surface area (Å²) >= 11 is 0. The summed E-state index contributed by atoms with van der Waals surface area (Å²) in [6, 6.07) is 6.01. The molecule has 0 bridgehead atoms. The van der Waals surface area contributed by atoms with E-state index < -0.39 is 0 Å². The molecule has 0 aliphatic carbocycles. The van der Waals surface area contributed by atoms with Crippen LogP contribution in [0.15, 0.2) is 18.2 Å². The van der Waals surface area contributed by atoms with Gasteiger partial charge < -0.3 is 19.1 Å². The number of hydrogen-bond acceptors (Lipinski definition) is 4. The molecule has 2 aliphatic heterocycles. The molecule has 2 atom stereocenters. The lowest BCUT2D eigenvalue weighted by atomic mass is 10.0. The van der Waals surface area contributed by atoms with Gasteiger partial charge in [0.25, 0.3) is 5.91 Å². The van der Waals surface area contributed by atoms with E-state index in [1.54, 1.807) is 14.2 Å². The second kappa shape index (κ2) is 6.57. The van der Waals surface area contributed by atoms with Crippen molar-refractivity contribution in [2.24, 2.45) is 0 Å². The van der Waals surface area contributed by atoms with Crippen molar-refractivity contribution in [2.45, 2.75) is 37.8 Å². The van der Waals surface area contributed by atoms with Gasteiger partial charge in [0.1, 0.15) is 6.10 Å². The number of carbonyl (C=O) groups is 1. The molecule has 0 saturated carbocycles. The van der Waals surface area contributed by atoms with Crippen LogP contribution < -0.4 is 9.47 Å². The zero-order valence-corrected chi connectivity index (χ0v) is 13.2. The number of hydrogen-bond donors (Lipinski definition) is 0. The highest BCUT2D eigenvalue weighted by atomic mass is 16.5. The van der Waals surface area contributed by atoms with Gasteiger partial charge in [0.15, 0.2) is 11.5 Å². The fourth-order valence-corrected chi connectivity index (χ4v) is 3.39. The lowest BCUT2D eigenvalue weighted by Gasteiger charge is -2.27. The molecule has 120 valence electrons. The van der Waals surface area contributed by atoms with Crippen molar-refractivity contribution >= 4 is 5.91 Å². The molecule has 22 heavy (non-hydrogen) atoms. The third kappa shape index (κ3) is 2.77. The van der Waals surface area contributed by atoms with Crippen molar-refractivity contribution in [3.05, 3.63) is 23.8 Å². The van der Waals surface area contributed by atoms with E-state index in [-0.39, 0.29) is 18.1 Å². The van der Waals surface area contributed by atoms with Gasteiger partial charge >= 0.3 is 0 Å². The maximum atomic E-state index is 12.7. The summed E-state index contributed by atoms with van der Waals surface area (Å²) < 4.78 is 16.2. The topological polar surface area (TPSA) is 48.0 Å². The van der Waals surface area contributed by atoms with Crippen molar-refractivity contribution in [1.29, 1.82) is 0 Å². The first-order valence-electron chi connectivity index (χ1n) is 7.88. The minimum Gasteiger partial charge on any atom is -0.493 e. The van der Waals surface area contributed by atoms with Gasteiger partial charge in [0.2, 0.25) is 0 Å². The summed E-state index contributed by atoms with van der Waals surface area (Å²) in [6.07, 6.45) is 3.57. The monoisotopic (exact) mass is 305 g/mol. The van der Waals surface area contributed by atoms with Crippen LogP contribution in [0.4, 0.5) is 0 Å². The quantitative estimate of drug-likeness (QED) is 0.858. The number of amides is 1. The highest BCUT2D eigenvalue weighted by Gasteiger charge is 2.36. The Hall–Kier alpha value is -1.75. The highest BCUT2D eigenvalue weighted by Crippen LogP contribution is 2.37. The fraction of sp³-hybridized carbons (Fsp3) is 0.588. The van der Waals surface area contributed by atoms with Crippen molar-refractivity contribution in [1.82, 2.24) is 4.90 Å². The summed E-state index contributed by atoms with van der Waals surface area (Å²) in [6.45, 7) is 1.50. The molecule has 2 heterocycles. The van der Waals surface area contributed by atoms with Crippen LogP contribution in [0.2, 0.25) is 0 Å². The average molecular weight is 305 g/mol. The smallest absolute Gasteiger partial charge is 0.252 e. The number of benzene rings is 1. The van der Waals surface area contributed by atoms with E-state index in [4.69, 9.17) is 14.2 Å². The molecule has 5 heteroatoms. The van der Waals surface area contributed by atoms with Gasteiger partial charge in [-0.3, -0.25) is 4.79 Å². The van der Waals surface area contributed by atoms with Crippen molar-refractivity contribution in [3.63, 3.8) is 0 Å². The second-order valence-electron chi connectivity index (χ2n) is 5.81. The zero-order chi connectivity index (χ0) is 15.5. The Morgan fingerprint density at radius 2 is 2.00 bits per heavy atom. The second-order valence-corrected chi connectivity index (χ2v) is 5.81. The SMILES string of the molecule is COc1ccc([C@H]2CCCN2C(=O)[C@H]2CCCO2)cc1OC. The number of ether oxygens (including phenoxy) is 3. The van der Waals surface area contributed by atoms with Gasteiger partial charge in [-0.1, -0.05) is 6.07 Å². The number of rotatable bonds is 4. The lowest BCUT2D eigenvalue weighted by Crippen LogP contribution is -2.38. The van der Waals surface area contributed by atoms with Gasteiger partial charge in [0.05, 0.1) is 20.3 Å². The molecular weight excluding hydrogens is 282 g/mol. The molecule has 1 aromatic carbocycles. The minimum atomic E-state index is -0.249. The minimum absolute atomic E-state index is 0.108. The zero-order valence-electron chi connectivity index (χ0n) is 13.2. The summed E-state index contributed by atoms with van der Waals surface area (Å²) in [5, 5.41) is 0. The van der Waals surface area contributed by atoms with E-state index in [1.807, 2.05) is 23.1 Å². The van der Waals surface area contributed by atoms with Crippen molar-refractivity contribution in [3.8, 4) is 11.5 Å². The maximum absolute atomic E-state index is 12.7. The van der Waals surface area contributed by atoms with Crippen LogP contribution in [0.3, 0.4) is 0 Å². The Labute approximate surface area is 131 Å². The third-order valence-electron chi connectivity index (χ3n) is 4.53. The molecule has 2 aliphatic rings. The average Bonchev–Trinajstić information content (AvgIpc) is 3.24. The van der Waals surface area contributed by atoms with Gasteiger partial charge in [-0.25, -0.2) is 0 Å². The fourth-order valence-electron chi connectivity index (χ4n) is 3.39. The van der Waals surface area contributed by atoms with E-state index in [0.29, 0.717) is 18.1 Å². The predicted octanol–water partition coefficient (Wildman–Crippen LogP) is 2.55. The molecule has 0 spiro atoms. The first kappa shape index (κ1) is 15.2. The van der Waals surface area contributed by atoms with Crippen LogP contribution in [-0.4, -0.2) is 44.3 Å². The van der Waals surface area contributed by atoms with Crippen LogP contribution in [0.25, 0.3) is 0 Å². The van der Waals surface area contributed by atoms with Crippen LogP contribution >= 0.6 is 0 Å². The van der Waals surface area contributed by atoms with E-state index in [9.17, 15) is 4.79 Å². The van der Waals surface area contributed by atoms with E-state index >= 15 is 0 Å². The summed E-state index contributed by atoms with van der Waals surface area (Å²) in [4.78, 5) is 14.6. The largest absolute Gasteiger partial charge is 0.493 e. The Kier molecular flexibility index (Phi) is 4.52. The highest BCUT2D eigenvalue weighted by molar-refractivity contribution is 5.82. The Morgan fingerprint density at radius 1 is 1.18 bits per heavy atom. The normalized spacial score (nSPS) is 24.5. The van der Waals surface area contributed by atoms with Crippen LogP contribution in [-0.2, 0) is 9.53 Å². The van der Waals surface area contributed by atoms with E-state index in [0.717, 1.165) is 37.8 Å². The van der Waals surface area contributed by atoms with E-state index in [1.165, 1.54) is 0 Å². The Balaban J connectivity index is 1.82. The van der Waals surface area contributed by atoms with Crippen LogP contribution in [0.1, 0.15) is 37.3 Å². The van der Waals surface area contributed by atoms with Gasteiger partial charge in [-0.05, 0) is 43.4 Å². The summed E-state index contributed by atoms with van der Waals surface area (Å²) in [5.74, 6) is 1.55.